The first kappa shape index (κ1) is 13.8. The van der Waals surface area contributed by atoms with Crippen LogP contribution in [0.25, 0.3) is 0 Å². The molecule has 1 N–H and O–H groups in total. The molecule has 1 fully saturated rings. The van der Waals surface area contributed by atoms with Crippen molar-refractivity contribution in [3.8, 4) is 0 Å². The fraction of sp³-hybridized carbons (Fsp3) is 0.769. The van der Waals surface area contributed by atoms with Gasteiger partial charge in [-0.3, -0.25) is 0 Å². The van der Waals surface area contributed by atoms with E-state index in [1.807, 2.05) is 0 Å². The van der Waals surface area contributed by atoms with E-state index in [0.29, 0.717) is 12.6 Å². The molecule has 1 aromatic heterocycles. The molecular weight excluding hydrogens is 248 g/mol. The second-order valence-electron chi connectivity index (χ2n) is 4.71. The summed E-state index contributed by atoms with van der Waals surface area (Å²) >= 11 is 1.61. The molecule has 18 heavy (non-hydrogen) atoms. The molecule has 2 heterocycles. The molecule has 1 aromatic rings. The van der Waals surface area contributed by atoms with E-state index in [2.05, 4.69) is 16.8 Å². The SMILES string of the molecule is CCC1CCCCN1c1nc(COC)c(CO)s1. The Bertz CT molecular complexity index is 381. The van der Waals surface area contributed by atoms with Crippen LogP contribution in [0.4, 0.5) is 5.13 Å². The van der Waals surface area contributed by atoms with E-state index >= 15 is 0 Å². The molecule has 1 aliphatic rings. The Morgan fingerprint density at radius 3 is 3.00 bits per heavy atom. The highest BCUT2D eigenvalue weighted by atomic mass is 32.1. The molecular formula is C13H22N2O2S. The Balaban J connectivity index is 2.20. The highest BCUT2D eigenvalue weighted by Gasteiger charge is 2.24. The van der Waals surface area contributed by atoms with Gasteiger partial charge in [0.1, 0.15) is 0 Å². The minimum absolute atomic E-state index is 0.0565. The maximum atomic E-state index is 9.38. The first-order valence-corrected chi connectivity index (χ1v) is 7.46. The van der Waals surface area contributed by atoms with E-state index in [0.717, 1.165) is 28.7 Å². The van der Waals surface area contributed by atoms with Crippen LogP contribution in [0.1, 0.15) is 43.2 Å². The molecule has 1 saturated heterocycles. The number of nitrogens with zero attached hydrogens (tertiary/aromatic N) is 2. The number of hydrogen-bond acceptors (Lipinski definition) is 5. The Labute approximate surface area is 113 Å². The molecule has 1 atom stereocenters. The van der Waals surface area contributed by atoms with Crippen molar-refractivity contribution >= 4 is 16.5 Å². The molecule has 2 rings (SSSR count). The molecule has 5 heteroatoms. The van der Waals surface area contributed by atoms with E-state index in [-0.39, 0.29) is 6.61 Å². The van der Waals surface area contributed by atoms with Crippen molar-refractivity contribution in [2.24, 2.45) is 0 Å². The fourth-order valence-electron chi connectivity index (χ4n) is 2.54. The monoisotopic (exact) mass is 270 g/mol. The predicted molar refractivity (Wildman–Crippen MR) is 74.0 cm³/mol. The highest BCUT2D eigenvalue weighted by molar-refractivity contribution is 7.15. The van der Waals surface area contributed by atoms with Crippen molar-refractivity contribution in [3.63, 3.8) is 0 Å². The zero-order valence-electron chi connectivity index (χ0n) is 11.2. The molecule has 0 aromatic carbocycles. The molecule has 0 saturated carbocycles. The van der Waals surface area contributed by atoms with Crippen molar-refractivity contribution in [1.82, 2.24) is 4.98 Å². The van der Waals surface area contributed by atoms with Gasteiger partial charge in [0.15, 0.2) is 5.13 Å². The standard InChI is InChI=1S/C13H22N2O2S/c1-3-10-6-4-5-7-15(10)13-14-11(9-17-2)12(8-16)18-13/h10,16H,3-9H2,1-2H3. The van der Waals surface area contributed by atoms with Crippen LogP contribution in [-0.2, 0) is 18.0 Å². The van der Waals surface area contributed by atoms with Crippen LogP contribution in [0.5, 0.6) is 0 Å². The first-order chi connectivity index (χ1) is 8.80. The largest absolute Gasteiger partial charge is 0.391 e. The molecule has 4 nitrogen and oxygen atoms in total. The van der Waals surface area contributed by atoms with Gasteiger partial charge in [0.2, 0.25) is 0 Å². The van der Waals surface area contributed by atoms with Crippen LogP contribution in [0, 0.1) is 0 Å². The van der Waals surface area contributed by atoms with Gasteiger partial charge in [-0.2, -0.15) is 0 Å². The topological polar surface area (TPSA) is 45.6 Å². The number of anilines is 1. The second kappa shape index (κ2) is 6.50. The van der Waals surface area contributed by atoms with Gasteiger partial charge >= 0.3 is 0 Å². The molecule has 0 aliphatic carbocycles. The van der Waals surface area contributed by atoms with Crippen molar-refractivity contribution in [2.75, 3.05) is 18.6 Å². The van der Waals surface area contributed by atoms with Gasteiger partial charge in [0.05, 0.1) is 23.8 Å². The third kappa shape index (κ3) is 2.84. The summed E-state index contributed by atoms with van der Waals surface area (Å²) in [5, 5.41) is 10.4. The summed E-state index contributed by atoms with van der Waals surface area (Å²) in [4.78, 5) is 8.00. The van der Waals surface area contributed by atoms with Crippen LogP contribution in [0.15, 0.2) is 0 Å². The lowest BCUT2D eigenvalue weighted by molar-refractivity contribution is 0.179. The summed E-state index contributed by atoms with van der Waals surface area (Å²) in [6, 6.07) is 0.604. The number of methoxy groups -OCH3 is 1. The van der Waals surface area contributed by atoms with Crippen LogP contribution in [0.2, 0.25) is 0 Å². The zero-order chi connectivity index (χ0) is 13.0. The molecule has 102 valence electrons. The van der Waals surface area contributed by atoms with Crippen molar-refractivity contribution < 1.29 is 9.84 Å². The number of piperidine rings is 1. The lowest BCUT2D eigenvalue weighted by atomic mass is 10.0. The molecule has 0 amide bonds. The maximum Gasteiger partial charge on any atom is 0.186 e. The number of hydrogen-bond donors (Lipinski definition) is 1. The highest BCUT2D eigenvalue weighted by Crippen LogP contribution is 2.32. The first-order valence-electron chi connectivity index (χ1n) is 6.65. The van der Waals surface area contributed by atoms with E-state index in [4.69, 9.17) is 4.74 Å². The van der Waals surface area contributed by atoms with Crippen LogP contribution in [-0.4, -0.2) is 29.8 Å². The summed E-state index contributed by atoms with van der Waals surface area (Å²) in [6.07, 6.45) is 4.97. The number of rotatable bonds is 5. The van der Waals surface area contributed by atoms with Crippen LogP contribution in [0.3, 0.4) is 0 Å². The summed E-state index contributed by atoms with van der Waals surface area (Å²) in [6.45, 7) is 3.86. The number of aliphatic hydroxyl groups excluding tert-OH is 1. The average molecular weight is 270 g/mol. The number of aromatic nitrogens is 1. The number of thiazole rings is 1. The van der Waals surface area contributed by atoms with Crippen molar-refractivity contribution in [2.45, 2.75) is 51.9 Å². The third-order valence-electron chi connectivity index (χ3n) is 3.54. The summed E-state index contributed by atoms with van der Waals surface area (Å²) < 4.78 is 5.14. The lowest BCUT2D eigenvalue weighted by Crippen LogP contribution is -2.39. The molecule has 0 bridgehead atoms. The Morgan fingerprint density at radius 2 is 2.33 bits per heavy atom. The lowest BCUT2D eigenvalue weighted by Gasteiger charge is -2.35. The van der Waals surface area contributed by atoms with E-state index in [9.17, 15) is 5.11 Å². The normalized spacial score (nSPS) is 20.4. The van der Waals surface area contributed by atoms with Crippen molar-refractivity contribution in [3.05, 3.63) is 10.6 Å². The van der Waals surface area contributed by atoms with Crippen LogP contribution < -0.4 is 4.90 Å². The smallest absolute Gasteiger partial charge is 0.186 e. The molecule has 1 aliphatic heterocycles. The quantitative estimate of drug-likeness (QED) is 0.893. The van der Waals surface area contributed by atoms with Gasteiger partial charge in [-0.05, 0) is 25.7 Å². The molecule has 0 spiro atoms. The van der Waals surface area contributed by atoms with Crippen LogP contribution >= 0.6 is 11.3 Å². The van der Waals surface area contributed by atoms with E-state index in [1.54, 1.807) is 18.4 Å². The number of aliphatic hydroxyl groups is 1. The molecule has 0 radical (unpaired) electrons. The Hall–Kier alpha value is -0.650. The van der Waals surface area contributed by atoms with Gasteiger partial charge in [-0.1, -0.05) is 18.3 Å². The Morgan fingerprint density at radius 1 is 1.50 bits per heavy atom. The minimum atomic E-state index is 0.0565. The second-order valence-corrected chi connectivity index (χ2v) is 5.77. The maximum absolute atomic E-state index is 9.38. The van der Waals surface area contributed by atoms with E-state index < -0.39 is 0 Å². The van der Waals surface area contributed by atoms with Gasteiger partial charge in [0, 0.05) is 19.7 Å². The van der Waals surface area contributed by atoms with Gasteiger partial charge < -0.3 is 14.7 Å². The Kier molecular flexibility index (Phi) is 4.97. The van der Waals surface area contributed by atoms with E-state index in [1.165, 1.54) is 19.3 Å². The minimum Gasteiger partial charge on any atom is -0.391 e. The zero-order valence-corrected chi connectivity index (χ0v) is 12.0. The van der Waals surface area contributed by atoms with Crippen molar-refractivity contribution in [1.29, 1.82) is 0 Å². The van der Waals surface area contributed by atoms with Gasteiger partial charge in [-0.25, -0.2) is 4.98 Å². The summed E-state index contributed by atoms with van der Waals surface area (Å²) in [5.74, 6) is 0. The van der Waals surface area contributed by atoms with Gasteiger partial charge in [0.25, 0.3) is 0 Å². The number of ether oxygens (including phenoxy) is 1. The van der Waals surface area contributed by atoms with Gasteiger partial charge in [-0.15, -0.1) is 0 Å². The third-order valence-corrected chi connectivity index (χ3v) is 4.66. The molecule has 1 unspecified atom stereocenters. The predicted octanol–water partition coefficient (Wildman–Crippen LogP) is 2.55. The average Bonchev–Trinajstić information content (AvgIpc) is 2.82. The summed E-state index contributed by atoms with van der Waals surface area (Å²) in [5.41, 5.74) is 0.889. The fourth-order valence-corrected chi connectivity index (χ4v) is 3.56. The summed E-state index contributed by atoms with van der Waals surface area (Å²) in [7, 11) is 1.66.